The van der Waals surface area contributed by atoms with Crippen LogP contribution in [-0.4, -0.2) is 41.6 Å². The monoisotopic (exact) mass is 357 g/mol. The van der Waals surface area contributed by atoms with E-state index in [1.807, 2.05) is 12.2 Å². The van der Waals surface area contributed by atoms with Crippen LogP contribution in [0.2, 0.25) is 0 Å². The van der Waals surface area contributed by atoms with Crippen molar-refractivity contribution >= 4 is 30.8 Å². The van der Waals surface area contributed by atoms with Gasteiger partial charge in [0.25, 0.3) is 0 Å². The van der Waals surface area contributed by atoms with Gasteiger partial charge in [0.1, 0.15) is 5.66 Å². The van der Waals surface area contributed by atoms with Gasteiger partial charge in [-0.3, -0.25) is 14.7 Å². The van der Waals surface area contributed by atoms with E-state index < -0.39 is 19.3 Å². The number of rotatable bonds is 8. The van der Waals surface area contributed by atoms with Gasteiger partial charge >= 0.3 is 7.60 Å². The van der Waals surface area contributed by atoms with Crippen LogP contribution in [0.5, 0.6) is 0 Å². The minimum atomic E-state index is -3.64. The minimum Gasteiger partial charge on any atom is -0.307 e. The van der Waals surface area contributed by atoms with Crippen LogP contribution in [0.4, 0.5) is 0 Å². The normalized spacial score (nSPS) is 31.5. The summed E-state index contributed by atoms with van der Waals surface area (Å²) in [6.45, 7) is 0.0618. The van der Waals surface area contributed by atoms with E-state index in [-0.39, 0.29) is 41.7 Å². The van der Waals surface area contributed by atoms with Gasteiger partial charge in [-0.2, -0.15) is 0 Å². The summed E-state index contributed by atoms with van der Waals surface area (Å²) in [5.74, 6) is -0.0911. The maximum absolute atomic E-state index is 13.1. The molecular formula is C12H18Cl2NO5P. The molecule has 0 heterocycles. The van der Waals surface area contributed by atoms with Gasteiger partial charge in [-0.25, -0.2) is 0 Å². The summed E-state index contributed by atoms with van der Waals surface area (Å²) in [4.78, 5) is 11.1. The van der Waals surface area contributed by atoms with Gasteiger partial charge in [-0.1, -0.05) is 12.2 Å². The lowest BCUT2D eigenvalue weighted by Crippen LogP contribution is -2.50. The average molecular weight is 358 g/mol. The van der Waals surface area contributed by atoms with E-state index in [2.05, 4.69) is 0 Å². The molecule has 1 saturated carbocycles. The fraction of sp³-hybridized carbons (Fsp3) is 0.833. The van der Waals surface area contributed by atoms with Crippen LogP contribution < -0.4 is 0 Å². The molecule has 0 spiro atoms. The number of allylic oxidation sites excluding steroid dienone is 1. The predicted octanol–water partition coefficient (Wildman–Crippen LogP) is 3.30. The average Bonchev–Trinajstić information content (AvgIpc) is 2.51. The summed E-state index contributed by atoms with van der Waals surface area (Å²) in [5, 5.41) is 11.4. The maximum Gasteiger partial charge on any atom is 0.341 e. The highest BCUT2D eigenvalue weighted by Crippen LogP contribution is 2.62. The summed E-state index contributed by atoms with van der Waals surface area (Å²) in [6.07, 6.45) is 5.24. The summed E-state index contributed by atoms with van der Waals surface area (Å²) in [7, 11) is -3.64. The largest absolute Gasteiger partial charge is 0.341 e. The second-order valence-corrected chi connectivity index (χ2v) is 8.09. The van der Waals surface area contributed by atoms with Crippen molar-refractivity contribution in [3.63, 3.8) is 0 Å². The van der Waals surface area contributed by atoms with E-state index in [4.69, 9.17) is 32.2 Å². The molecule has 4 atom stereocenters. The van der Waals surface area contributed by atoms with Gasteiger partial charge in [0.15, 0.2) is 0 Å². The maximum atomic E-state index is 13.1. The molecule has 0 aromatic heterocycles. The summed E-state index contributed by atoms with van der Waals surface area (Å²) < 4.78 is 23.8. The smallest absolute Gasteiger partial charge is 0.307 e. The Morgan fingerprint density at radius 3 is 2.10 bits per heavy atom. The third kappa shape index (κ3) is 3.62. The van der Waals surface area contributed by atoms with Crippen LogP contribution in [0.15, 0.2) is 12.2 Å². The lowest BCUT2D eigenvalue weighted by molar-refractivity contribution is -0.534. The predicted molar refractivity (Wildman–Crippen MR) is 80.9 cm³/mol. The highest BCUT2D eigenvalue weighted by atomic mass is 35.5. The first kappa shape index (κ1) is 17.2. The number of alkyl halides is 2. The molecule has 0 amide bonds. The Labute approximate surface area is 133 Å². The fourth-order valence-electron chi connectivity index (χ4n) is 3.17. The van der Waals surface area contributed by atoms with Crippen molar-refractivity contribution in [3.05, 3.63) is 22.3 Å². The lowest BCUT2D eigenvalue weighted by Gasteiger charge is -2.41. The Bertz CT molecular complexity index is 449. The molecule has 120 valence electrons. The van der Waals surface area contributed by atoms with Crippen LogP contribution >= 0.6 is 30.8 Å². The SMILES string of the molecule is O=[N+]([O-])C1C2C=CC(CC2)C1P(=O)(OCCCl)OCCCl. The van der Waals surface area contributed by atoms with Gasteiger partial charge in [-0.15, -0.1) is 23.2 Å². The minimum absolute atomic E-state index is 0.0309. The molecule has 0 aromatic carbocycles. The van der Waals surface area contributed by atoms with E-state index in [1.54, 1.807) is 0 Å². The standard InChI is InChI=1S/C12H18Cl2NO5P/c13-5-7-19-21(18,20-8-6-14)12-10-3-1-9(2-4-10)11(12)15(16)17/h1,3,9-12H,2,4-8H2. The highest BCUT2D eigenvalue weighted by Gasteiger charge is 2.57. The molecule has 3 aliphatic rings. The van der Waals surface area contributed by atoms with Gasteiger partial charge in [0, 0.05) is 22.6 Å². The van der Waals surface area contributed by atoms with Crippen molar-refractivity contribution in [2.75, 3.05) is 25.0 Å². The molecular weight excluding hydrogens is 340 g/mol. The van der Waals surface area contributed by atoms with Crippen LogP contribution in [0.25, 0.3) is 0 Å². The Morgan fingerprint density at radius 1 is 1.14 bits per heavy atom. The summed E-state index contributed by atoms with van der Waals surface area (Å²) in [6, 6.07) is -0.940. The van der Waals surface area contributed by atoms with Crippen molar-refractivity contribution in [1.82, 2.24) is 0 Å². The molecule has 0 aliphatic heterocycles. The molecule has 0 N–H and O–H groups in total. The summed E-state index contributed by atoms with van der Waals surface area (Å²) >= 11 is 11.2. The van der Waals surface area contributed by atoms with E-state index in [1.165, 1.54) is 0 Å². The van der Waals surface area contributed by atoms with Crippen molar-refractivity contribution < 1.29 is 18.5 Å². The molecule has 4 unspecified atom stereocenters. The Morgan fingerprint density at radius 2 is 1.67 bits per heavy atom. The van der Waals surface area contributed by atoms with Gasteiger partial charge in [0.05, 0.1) is 13.2 Å². The van der Waals surface area contributed by atoms with E-state index in [0.717, 1.165) is 12.8 Å². The number of nitro groups is 1. The zero-order valence-electron chi connectivity index (χ0n) is 11.4. The second-order valence-electron chi connectivity index (χ2n) is 5.14. The van der Waals surface area contributed by atoms with Gasteiger partial charge in [0.2, 0.25) is 6.04 Å². The molecule has 9 heteroatoms. The molecule has 0 aromatic rings. The topological polar surface area (TPSA) is 78.7 Å². The highest BCUT2D eigenvalue weighted by molar-refractivity contribution is 7.54. The van der Waals surface area contributed by atoms with Gasteiger partial charge < -0.3 is 9.05 Å². The van der Waals surface area contributed by atoms with Crippen molar-refractivity contribution in [2.45, 2.75) is 24.5 Å². The number of halogens is 2. The molecule has 21 heavy (non-hydrogen) atoms. The molecule has 1 fully saturated rings. The first-order valence-electron chi connectivity index (χ1n) is 6.86. The van der Waals surface area contributed by atoms with Crippen LogP contribution in [0.3, 0.4) is 0 Å². The van der Waals surface area contributed by atoms with E-state index in [9.17, 15) is 14.7 Å². The Balaban J connectivity index is 2.29. The number of hydrogen-bond donors (Lipinski definition) is 0. The second kappa shape index (κ2) is 7.42. The Kier molecular flexibility index (Phi) is 6.09. The fourth-order valence-corrected chi connectivity index (χ4v) is 6.08. The first-order valence-corrected chi connectivity index (χ1v) is 9.54. The van der Waals surface area contributed by atoms with Crippen LogP contribution in [0.1, 0.15) is 12.8 Å². The number of nitrogens with zero attached hydrogens (tertiary/aromatic N) is 1. The molecule has 3 rings (SSSR count). The molecule has 6 nitrogen and oxygen atoms in total. The van der Waals surface area contributed by atoms with E-state index in [0.29, 0.717) is 0 Å². The van der Waals surface area contributed by atoms with Crippen LogP contribution in [0, 0.1) is 22.0 Å². The first-order chi connectivity index (χ1) is 10.0. The third-order valence-corrected chi connectivity index (χ3v) is 6.78. The summed E-state index contributed by atoms with van der Waals surface area (Å²) in [5.41, 5.74) is -0.761. The quantitative estimate of drug-likeness (QED) is 0.219. The molecule has 3 aliphatic carbocycles. The zero-order chi connectivity index (χ0) is 15.5. The van der Waals surface area contributed by atoms with Crippen molar-refractivity contribution in [3.8, 4) is 0 Å². The third-order valence-electron chi connectivity index (χ3n) is 3.97. The Hall–Kier alpha value is -0.130. The number of hydrogen-bond acceptors (Lipinski definition) is 5. The van der Waals surface area contributed by atoms with E-state index >= 15 is 0 Å². The zero-order valence-corrected chi connectivity index (χ0v) is 13.8. The van der Waals surface area contributed by atoms with Crippen molar-refractivity contribution in [2.24, 2.45) is 11.8 Å². The molecule has 2 bridgehead atoms. The number of fused-ring (bicyclic) bond motifs is 2. The molecule has 0 radical (unpaired) electrons. The van der Waals surface area contributed by atoms with Crippen molar-refractivity contribution in [1.29, 1.82) is 0 Å². The van der Waals surface area contributed by atoms with Crippen LogP contribution in [-0.2, 0) is 13.6 Å². The lowest BCUT2D eigenvalue weighted by atomic mass is 9.72. The van der Waals surface area contributed by atoms with Gasteiger partial charge in [-0.05, 0) is 18.8 Å². The molecule has 0 saturated heterocycles.